The summed E-state index contributed by atoms with van der Waals surface area (Å²) >= 11 is 13.5. The Morgan fingerprint density at radius 2 is 1.84 bits per heavy atom. The van der Waals surface area contributed by atoms with Crippen LogP contribution in [0, 0.1) is 0 Å². The summed E-state index contributed by atoms with van der Waals surface area (Å²) < 4.78 is 1.30. The van der Waals surface area contributed by atoms with E-state index in [1.807, 2.05) is 41.8 Å². The molecule has 1 N–H and O–H groups in total. The molecule has 5 nitrogen and oxygen atoms in total. The Balaban J connectivity index is 1.50. The molecule has 0 spiro atoms. The first-order chi connectivity index (χ1) is 15.5. The van der Waals surface area contributed by atoms with E-state index in [1.54, 1.807) is 18.2 Å². The molecule has 1 amide bonds. The average Bonchev–Trinajstić information content (AvgIpc) is 3.23. The minimum absolute atomic E-state index is 0.197. The molecule has 2 aromatic heterocycles. The van der Waals surface area contributed by atoms with E-state index < -0.39 is 5.91 Å². The number of hydrogen-bond donors (Lipinski definition) is 1. The molecule has 158 valence electrons. The molecule has 5 rings (SSSR count). The van der Waals surface area contributed by atoms with Crippen LogP contribution in [0.15, 0.2) is 77.2 Å². The second kappa shape index (κ2) is 8.39. The van der Waals surface area contributed by atoms with Gasteiger partial charge in [0.15, 0.2) is 0 Å². The molecule has 3 aromatic carbocycles. The van der Waals surface area contributed by atoms with Crippen LogP contribution in [0.5, 0.6) is 0 Å². The Kier molecular flexibility index (Phi) is 5.43. The highest BCUT2D eigenvalue weighted by atomic mass is 35.5. The number of aromatic nitrogens is 2. The number of hydrogen-bond acceptors (Lipinski definition) is 4. The van der Waals surface area contributed by atoms with Gasteiger partial charge >= 0.3 is 0 Å². The van der Waals surface area contributed by atoms with Gasteiger partial charge in [0.2, 0.25) is 5.91 Å². The van der Waals surface area contributed by atoms with E-state index in [9.17, 15) is 9.59 Å². The van der Waals surface area contributed by atoms with Gasteiger partial charge in [0.1, 0.15) is 11.4 Å². The maximum absolute atomic E-state index is 13.3. The second-order valence-corrected chi connectivity index (χ2v) is 8.94. The molecular formula is C24H15Cl2N3O2S. The Bertz CT molecular complexity index is 1560. The number of anilines is 1. The quantitative estimate of drug-likeness (QED) is 0.332. The highest BCUT2D eigenvalue weighted by Crippen LogP contribution is 2.32. The lowest BCUT2D eigenvalue weighted by atomic mass is 10.0. The van der Waals surface area contributed by atoms with Crippen LogP contribution in [0.3, 0.4) is 0 Å². The zero-order chi connectivity index (χ0) is 22.2. The Morgan fingerprint density at radius 1 is 1.03 bits per heavy atom. The zero-order valence-corrected chi connectivity index (χ0v) is 18.8. The summed E-state index contributed by atoms with van der Waals surface area (Å²) in [6, 6.07) is 18.9. The normalized spacial score (nSPS) is 11.2. The predicted molar refractivity (Wildman–Crippen MR) is 132 cm³/mol. The molecule has 0 aliphatic heterocycles. The van der Waals surface area contributed by atoms with Gasteiger partial charge < -0.3 is 5.32 Å². The topological polar surface area (TPSA) is 64.0 Å². The Hall–Kier alpha value is -3.19. The molecule has 0 radical (unpaired) electrons. The lowest BCUT2D eigenvalue weighted by molar-refractivity contribution is -0.116. The molecule has 0 fully saturated rings. The monoisotopic (exact) mass is 479 g/mol. The van der Waals surface area contributed by atoms with Crippen LogP contribution in [-0.4, -0.2) is 15.5 Å². The maximum atomic E-state index is 13.3. The fourth-order valence-corrected chi connectivity index (χ4v) is 4.83. The fraction of sp³-hybridized carbons (Fsp3) is 0.0417. The minimum Gasteiger partial charge on any atom is -0.323 e. The molecule has 0 atom stereocenters. The third-order valence-electron chi connectivity index (χ3n) is 5.14. The molecule has 32 heavy (non-hydrogen) atoms. The van der Waals surface area contributed by atoms with Gasteiger partial charge in [0.25, 0.3) is 5.56 Å². The fourth-order valence-electron chi connectivity index (χ4n) is 3.59. The molecule has 0 bridgehead atoms. The standard InChI is InChI=1S/C24H15Cl2N3O2S/c25-17-7-8-19(26)20(10-17)28-21(30)11-29-13-27-23-22(24(29)31)18(12-32-23)16-6-5-14-3-1-2-4-15(14)9-16/h1-10,12-13H,11H2,(H,28,30). The molecular weight excluding hydrogens is 465 g/mol. The first-order valence-corrected chi connectivity index (χ1v) is 11.3. The van der Waals surface area contributed by atoms with E-state index in [1.165, 1.54) is 22.2 Å². The van der Waals surface area contributed by atoms with E-state index in [0.717, 1.165) is 21.9 Å². The van der Waals surface area contributed by atoms with Gasteiger partial charge in [-0.25, -0.2) is 4.98 Å². The summed E-state index contributed by atoms with van der Waals surface area (Å²) in [5.74, 6) is -0.403. The van der Waals surface area contributed by atoms with Gasteiger partial charge in [-0.1, -0.05) is 59.6 Å². The molecule has 5 aromatic rings. The number of amides is 1. The maximum Gasteiger partial charge on any atom is 0.263 e. The van der Waals surface area contributed by atoms with E-state index >= 15 is 0 Å². The van der Waals surface area contributed by atoms with Gasteiger partial charge in [-0.3, -0.25) is 14.2 Å². The van der Waals surface area contributed by atoms with Crippen LogP contribution in [-0.2, 0) is 11.3 Å². The van der Waals surface area contributed by atoms with Crippen LogP contribution in [0.4, 0.5) is 5.69 Å². The first kappa shape index (κ1) is 20.7. The van der Waals surface area contributed by atoms with Crippen molar-refractivity contribution in [3.05, 3.63) is 92.8 Å². The van der Waals surface area contributed by atoms with Crippen LogP contribution < -0.4 is 10.9 Å². The Labute approximate surface area is 196 Å². The van der Waals surface area contributed by atoms with Crippen LogP contribution in [0.2, 0.25) is 10.0 Å². The van der Waals surface area contributed by atoms with E-state index in [4.69, 9.17) is 23.2 Å². The number of nitrogens with one attached hydrogen (secondary N) is 1. The van der Waals surface area contributed by atoms with Crippen molar-refractivity contribution in [2.24, 2.45) is 0 Å². The molecule has 8 heteroatoms. The highest BCUT2D eigenvalue weighted by Gasteiger charge is 2.15. The largest absolute Gasteiger partial charge is 0.323 e. The van der Waals surface area contributed by atoms with Crippen molar-refractivity contribution in [2.45, 2.75) is 6.54 Å². The number of rotatable bonds is 4. The number of benzene rings is 3. The van der Waals surface area contributed by atoms with Crippen molar-refractivity contribution in [1.82, 2.24) is 9.55 Å². The molecule has 0 saturated heterocycles. The second-order valence-electron chi connectivity index (χ2n) is 7.24. The van der Waals surface area contributed by atoms with Crippen LogP contribution >= 0.6 is 34.5 Å². The van der Waals surface area contributed by atoms with Crippen LogP contribution in [0.25, 0.3) is 32.1 Å². The van der Waals surface area contributed by atoms with E-state index in [0.29, 0.717) is 25.9 Å². The highest BCUT2D eigenvalue weighted by molar-refractivity contribution is 7.17. The summed E-state index contributed by atoms with van der Waals surface area (Å²) in [6.45, 7) is -0.197. The van der Waals surface area contributed by atoms with Gasteiger partial charge in [-0.2, -0.15) is 0 Å². The van der Waals surface area contributed by atoms with Gasteiger partial charge in [0, 0.05) is 16.0 Å². The number of carbonyl (C=O) groups excluding carboxylic acids is 1. The summed E-state index contributed by atoms with van der Waals surface area (Å²) in [5, 5.41) is 8.15. The number of fused-ring (bicyclic) bond motifs is 2. The van der Waals surface area contributed by atoms with Crippen molar-refractivity contribution in [1.29, 1.82) is 0 Å². The van der Waals surface area contributed by atoms with E-state index in [-0.39, 0.29) is 12.1 Å². The molecule has 0 aliphatic rings. The van der Waals surface area contributed by atoms with Crippen molar-refractivity contribution in [3.8, 4) is 11.1 Å². The molecule has 0 unspecified atom stereocenters. The lowest BCUT2D eigenvalue weighted by Gasteiger charge is -2.09. The number of thiophene rings is 1. The summed E-state index contributed by atoms with van der Waals surface area (Å²) in [4.78, 5) is 30.9. The smallest absolute Gasteiger partial charge is 0.263 e. The SMILES string of the molecule is O=C(Cn1cnc2scc(-c3ccc4ccccc4c3)c2c1=O)Nc1cc(Cl)ccc1Cl. The minimum atomic E-state index is -0.403. The van der Waals surface area contributed by atoms with Gasteiger partial charge in [0.05, 0.1) is 22.4 Å². The number of nitrogens with zero attached hydrogens (tertiary/aromatic N) is 2. The van der Waals surface area contributed by atoms with Gasteiger partial charge in [-0.05, 0) is 40.6 Å². The summed E-state index contributed by atoms with van der Waals surface area (Å²) in [6.07, 6.45) is 1.39. The number of halogens is 2. The first-order valence-electron chi connectivity index (χ1n) is 9.70. The van der Waals surface area contributed by atoms with E-state index in [2.05, 4.69) is 16.4 Å². The molecule has 2 heterocycles. The average molecular weight is 480 g/mol. The van der Waals surface area contributed by atoms with Gasteiger partial charge in [-0.15, -0.1) is 11.3 Å². The zero-order valence-electron chi connectivity index (χ0n) is 16.5. The van der Waals surface area contributed by atoms with Crippen molar-refractivity contribution in [3.63, 3.8) is 0 Å². The Morgan fingerprint density at radius 3 is 2.69 bits per heavy atom. The van der Waals surface area contributed by atoms with Crippen molar-refractivity contribution >= 4 is 67.1 Å². The number of carbonyl (C=O) groups is 1. The lowest BCUT2D eigenvalue weighted by Crippen LogP contribution is -2.27. The summed E-state index contributed by atoms with van der Waals surface area (Å²) in [5.41, 5.74) is 1.85. The van der Waals surface area contributed by atoms with Crippen molar-refractivity contribution < 1.29 is 4.79 Å². The predicted octanol–water partition coefficient (Wildman–Crippen LogP) is 6.22. The third kappa shape index (κ3) is 3.88. The molecule has 0 saturated carbocycles. The summed E-state index contributed by atoms with van der Waals surface area (Å²) in [7, 11) is 0. The molecule has 0 aliphatic carbocycles. The third-order valence-corrected chi connectivity index (χ3v) is 6.59. The van der Waals surface area contributed by atoms with Crippen LogP contribution in [0.1, 0.15) is 0 Å². The van der Waals surface area contributed by atoms with Crippen molar-refractivity contribution in [2.75, 3.05) is 5.32 Å².